The average Bonchev–Trinajstić information content (AvgIpc) is 2.85. The van der Waals surface area contributed by atoms with Crippen molar-refractivity contribution in [1.29, 1.82) is 0 Å². The van der Waals surface area contributed by atoms with E-state index in [2.05, 4.69) is 5.32 Å². The maximum Gasteiger partial charge on any atom is 0.165 e. The van der Waals surface area contributed by atoms with E-state index in [4.69, 9.17) is 0 Å². The molecule has 0 aliphatic heterocycles. The molecule has 124 valence electrons. The first-order valence-electron chi connectivity index (χ1n) is 7.69. The summed E-state index contributed by atoms with van der Waals surface area (Å²) >= 11 is 1.64. The summed E-state index contributed by atoms with van der Waals surface area (Å²) in [7, 11) is 0. The van der Waals surface area contributed by atoms with Gasteiger partial charge >= 0.3 is 0 Å². The van der Waals surface area contributed by atoms with Gasteiger partial charge in [-0.15, -0.1) is 11.3 Å². The molecule has 5 heteroatoms. The van der Waals surface area contributed by atoms with Gasteiger partial charge in [-0.25, -0.2) is 0 Å². The number of carbonyl (C=O) groups is 1. The Morgan fingerprint density at radius 3 is 2.48 bits per heavy atom. The van der Waals surface area contributed by atoms with Crippen LogP contribution < -0.4 is 5.32 Å². The Kier molecular flexibility index (Phi) is 5.93. The van der Waals surface area contributed by atoms with Crippen molar-refractivity contribution in [3.8, 4) is 5.75 Å². The highest BCUT2D eigenvalue weighted by atomic mass is 32.1. The van der Waals surface area contributed by atoms with Crippen LogP contribution in [0.5, 0.6) is 5.75 Å². The molecular formula is C18H23NO3S. The molecule has 0 spiro atoms. The number of ketones is 1. The Hall–Kier alpha value is -1.69. The van der Waals surface area contributed by atoms with Gasteiger partial charge in [0.1, 0.15) is 5.75 Å². The number of carbonyl (C=O) groups excluding carboxylic acids is 1. The molecule has 1 aromatic carbocycles. The molecule has 2 aromatic rings. The highest BCUT2D eigenvalue weighted by molar-refractivity contribution is 7.12. The molecule has 1 heterocycles. The lowest BCUT2D eigenvalue weighted by Crippen LogP contribution is -2.33. The zero-order chi connectivity index (χ0) is 17.0. The zero-order valence-electron chi connectivity index (χ0n) is 13.7. The highest BCUT2D eigenvalue weighted by Gasteiger charge is 2.17. The van der Waals surface area contributed by atoms with Gasteiger partial charge in [0.2, 0.25) is 0 Å². The highest BCUT2D eigenvalue weighted by Crippen LogP contribution is 2.22. The van der Waals surface area contributed by atoms with Crippen LogP contribution in [0, 0.1) is 13.8 Å². The number of hydrogen-bond donors (Lipinski definition) is 3. The minimum atomic E-state index is -0.684. The molecule has 2 unspecified atom stereocenters. The fourth-order valence-corrected chi connectivity index (χ4v) is 3.47. The molecule has 0 radical (unpaired) electrons. The van der Waals surface area contributed by atoms with Gasteiger partial charge in [0.25, 0.3) is 0 Å². The van der Waals surface area contributed by atoms with Crippen LogP contribution in [0.15, 0.2) is 30.3 Å². The molecule has 0 fully saturated rings. The molecule has 0 saturated heterocycles. The minimum Gasteiger partial charge on any atom is -0.508 e. The molecule has 0 bridgehead atoms. The van der Waals surface area contributed by atoms with Gasteiger partial charge in [0.05, 0.1) is 6.10 Å². The lowest BCUT2D eigenvalue weighted by molar-refractivity contribution is 0.0972. The molecule has 1 aromatic heterocycles. The number of aliphatic hydroxyl groups is 1. The summed E-state index contributed by atoms with van der Waals surface area (Å²) in [5.41, 5.74) is 1.54. The van der Waals surface area contributed by atoms with E-state index in [0.717, 1.165) is 20.9 Å². The van der Waals surface area contributed by atoms with Crippen LogP contribution in [-0.4, -0.2) is 28.6 Å². The quantitative estimate of drug-likeness (QED) is 0.680. The van der Waals surface area contributed by atoms with Crippen LogP contribution in [0.25, 0.3) is 0 Å². The van der Waals surface area contributed by atoms with Crippen LogP contribution >= 0.6 is 11.3 Å². The van der Waals surface area contributed by atoms with Gasteiger partial charge in [-0.1, -0.05) is 12.1 Å². The first-order valence-corrected chi connectivity index (χ1v) is 8.50. The number of aryl methyl sites for hydroxylation is 2. The van der Waals surface area contributed by atoms with E-state index < -0.39 is 6.10 Å². The van der Waals surface area contributed by atoms with E-state index in [1.807, 2.05) is 26.8 Å². The second-order valence-electron chi connectivity index (χ2n) is 5.78. The smallest absolute Gasteiger partial charge is 0.165 e. The zero-order valence-corrected chi connectivity index (χ0v) is 14.5. The van der Waals surface area contributed by atoms with Gasteiger partial charge < -0.3 is 15.5 Å². The third-order valence-corrected chi connectivity index (χ3v) is 4.83. The Bertz CT molecular complexity index is 663. The number of rotatable bonds is 7. The van der Waals surface area contributed by atoms with Crippen molar-refractivity contribution < 1.29 is 15.0 Å². The summed E-state index contributed by atoms with van der Waals surface area (Å²) in [5, 5.41) is 22.8. The van der Waals surface area contributed by atoms with Crippen LogP contribution in [0.4, 0.5) is 0 Å². The number of hydrogen-bond acceptors (Lipinski definition) is 5. The fraction of sp³-hybridized carbons (Fsp3) is 0.389. The molecule has 0 aliphatic carbocycles. The largest absolute Gasteiger partial charge is 0.508 e. The number of nitrogens with one attached hydrogen (secondary N) is 1. The van der Waals surface area contributed by atoms with Gasteiger partial charge in [0.15, 0.2) is 5.78 Å². The van der Waals surface area contributed by atoms with Crippen molar-refractivity contribution in [3.05, 3.63) is 51.2 Å². The molecule has 4 nitrogen and oxygen atoms in total. The first-order chi connectivity index (χ1) is 10.9. The van der Waals surface area contributed by atoms with Crippen molar-refractivity contribution in [2.45, 2.75) is 39.3 Å². The lowest BCUT2D eigenvalue weighted by atomic mass is 10.0. The summed E-state index contributed by atoms with van der Waals surface area (Å²) in [5.74, 6) is 0.305. The van der Waals surface area contributed by atoms with E-state index in [-0.39, 0.29) is 17.6 Å². The third-order valence-electron chi connectivity index (χ3n) is 3.87. The summed E-state index contributed by atoms with van der Waals surface area (Å²) in [6.45, 7) is 6.36. The van der Waals surface area contributed by atoms with Gasteiger partial charge in [-0.3, -0.25) is 4.79 Å². The van der Waals surface area contributed by atoms with E-state index in [0.29, 0.717) is 13.0 Å². The topological polar surface area (TPSA) is 69.6 Å². The minimum absolute atomic E-state index is 0.130. The van der Waals surface area contributed by atoms with Crippen molar-refractivity contribution >= 4 is 17.1 Å². The lowest BCUT2D eigenvalue weighted by Gasteiger charge is -2.20. The molecule has 3 N–H and O–H groups in total. The standard InChI is InChI=1S/C18H23NO3S/c1-11-10-16(13(3)23-11)17(21)8-9-19-12(2)18(22)14-4-6-15(20)7-5-14/h4-7,10,12,18-20,22H,8-9H2,1-3H3. The molecule has 0 saturated carbocycles. The third kappa shape index (κ3) is 4.64. The molecule has 2 atom stereocenters. The first kappa shape index (κ1) is 17.7. The monoisotopic (exact) mass is 333 g/mol. The van der Waals surface area contributed by atoms with Crippen molar-refractivity contribution in [1.82, 2.24) is 5.32 Å². The molecular weight excluding hydrogens is 310 g/mol. The second-order valence-corrected chi connectivity index (χ2v) is 7.24. The average molecular weight is 333 g/mol. The number of phenolic OH excluding ortho intramolecular Hbond substituents is 1. The predicted octanol–water partition coefficient (Wildman–Crippen LogP) is 3.36. The van der Waals surface area contributed by atoms with E-state index in [1.165, 1.54) is 0 Å². The number of benzene rings is 1. The number of aromatic hydroxyl groups is 1. The van der Waals surface area contributed by atoms with E-state index in [9.17, 15) is 15.0 Å². The summed E-state index contributed by atoms with van der Waals surface area (Å²) in [4.78, 5) is 14.4. The van der Waals surface area contributed by atoms with Gasteiger partial charge in [-0.05, 0) is 44.5 Å². The SMILES string of the molecule is Cc1cc(C(=O)CCNC(C)C(O)c2ccc(O)cc2)c(C)s1. The van der Waals surface area contributed by atoms with Crippen LogP contribution in [0.2, 0.25) is 0 Å². The van der Waals surface area contributed by atoms with Crippen molar-refractivity contribution in [2.75, 3.05) is 6.54 Å². The normalized spacial score (nSPS) is 13.7. The number of thiophene rings is 1. The maximum absolute atomic E-state index is 12.2. The Morgan fingerprint density at radius 2 is 1.91 bits per heavy atom. The molecule has 0 amide bonds. The summed E-state index contributed by atoms with van der Waals surface area (Å²) in [6.07, 6.45) is -0.278. The van der Waals surface area contributed by atoms with Crippen molar-refractivity contribution in [3.63, 3.8) is 0 Å². The van der Waals surface area contributed by atoms with Gasteiger partial charge in [-0.2, -0.15) is 0 Å². The predicted molar refractivity (Wildman–Crippen MR) is 93.3 cm³/mol. The van der Waals surface area contributed by atoms with Crippen LogP contribution in [-0.2, 0) is 0 Å². The van der Waals surface area contributed by atoms with E-state index in [1.54, 1.807) is 35.6 Å². The molecule has 0 aliphatic rings. The van der Waals surface area contributed by atoms with Crippen LogP contribution in [0.3, 0.4) is 0 Å². The molecule has 2 rings (SSSR count). The Morgan fingerprint density at radius 1 is 1.26 bits per heavy atom. The second kappa shape index (κ2) is 7.73. The summed E-state index contributed by atoms with van der Waals surface area (Å²) in [6, 6.07) is 8.25. The molecule has 23 heavy (non-hydrogen) atoms. The van der Waals surface area contributed by atoms with Crippen LogP contribution in [0.1, 0.15) is 45.1 Å². The number of phenols is 1. The van der Waals surface area contributed by atoms with Gasteiger partial charge in [0, 0.05) is 34.3 Å². The number of aliphatic hydroxyl groups excluding tert-OH is 1. The number of Topliss-reactive ketones (excluding diaryl/α,β-unsaturated/α-hetero) is 1. The fourth-order valence-electron chi connectivity index (χ4n) is 2.53. The maximum atomic E-state index is 12.2. The summed E-state index contributed by atoms with van der Waals surface area (Å²) < 4.78 is 0. The van der Waals surface area contributed by atoms with E-state index >= 15 is 0 Å². The van der Waals surface area contributed by atoms with Crippen molar-refractivity contribution in [2.24, 2.45) is 0 Å². The Balaban J connectivity index is 1.84. The Labute approximate surface area is 140 Å².